The molecule has 7 heteroatoms. The predicted molar refractivity (Wildman–Crippen MR) is 96.3 cm³/mol. The first-order valence-electron chi connectivity index (χ1n) is 7.22. The lowest BCUT2D eigenvalue weighted by atomic mass is 10.2. The minimum Gasteiger partial charge on any atom is -0.497 e. The molecule has 0 spiro atoms. The Morgan fingerprint density at radius 1 is 1.17 bits per heavy atom. The van der Waals surface area contributed by atoms with Gasteiger partial charge in [-0.2, -0.15) is 0 Å². The lowest BCUT2D eigenvalue weighted by Crippen LogP contribution is -2.31. The van der Waals surface area contributed by atoms with Crippen LogP contribution in [0, 0.1) is 0 Å². The van der Waals surface area contributed by atoms with Gasteiger partial charge in [0.15, 0.2) is 0 Å². The van der Waals surface area contributed by atoms with Crippen molar-refractivity contribution in [3.05, 3.63) is 51.6 Å². The molecule has 1 aromatic heterocycles. The number of thioether (sulfide) groups is 1. The normalized spacial score (nSPS) is 14.7. The summed E-state index contributed by atoms with van der Waals surface area (Å²) in [6, 6.07) is 10.4. The number of carbonyl (C=O) groups excluding carboxylic acids is 2. The summed E-state index contributed by atoms with van der Waals surface area (Å²) in [5.41, 5.74) is 0.906. The third-order valence-corrected chi connectivity index (χ3v) is 5.42. The zero-order valence-electron chi connectivity index (χ0n) is 12.9. The van der Waals surface area contributed by atoms with Gasteiger partial charge < -0.3 is 9.84 Å². The van der Waals surface area contributed by atoms with Crippen molar-refractivity contribution in [2.45, 2.75) is 0 Å². The Balaban J connectivity index is 2.00. The third kappa shape index (κ3) is 2.98. The Kier molecular flexibility index (Phi) is 5.03. The highest BCUT2D eigenvalue weighted by atomic mass is 32.2. The number of thiophene rings is 1. The first-order valence-corrected chi connectivity index (χ1v) is 9.08. The summed E-state index contributed by atoms with van der Waals surface area (Å²) in [5, 5.41) is 10.9. The van der Waals surface area contributed by atoms with E-state index >= 15 is 0 Å². The molecule has 0 fully saturated rings. The maximum absolute atomic E-state index is 12.9. The van der Waals surface area contributed by atoms with Crippen LogP contribution in [0.1, 0.15) is 4.88 Å². The molecule has 0 unspecified atom stereocenters. The Labute approximate surface area is 147 Å². The highest BCUT2D eigenvalue weighted by molar-refractivity contribution is 8.04. The van der Waals surface area contributed by atoms with Crippen molar-refractivity contribution < 1.29 is 19.4 Å². The molecule has 1 N–H and O–H groups in total. The van der Waals surface area contributed by atoms with E-state index < -0.39 is 0 Å². The summed E-state index contributed by atoms with van der Waals surface area (Å²) in [4.78, 5) is 28.0. The van der Waals surface area contributed by atoms with Gasteiger partial charge in [0.1, 0.15) is 5.75 Å². The first-order chi connectivity index (χ1) is 11.7. The second-order valence-corrected chi connectivity index (χ2v) is 6.95. The number of benzene rings is 1. The van der Waals surface area contributed by atoms with Crippen molar-refractivity contribution in [3.63, 3.8) is 0 Å². The first kappa shape index (κ1) is 16.8. The largest absolute Gasteiger partial charge is 0.497 e. The van der Waals surface area contributed by atoms with Crippen LogP contribution in [-0.4, -0.2) is 36.4 Å². The van der Waals surface area contributed by atoms with E-state index in [1.54, 1.807) is 31.4 Å². The molecule has 2 heterocycles. The molecule has 0 atom stereocenters. The smallest absolute Gasteiger partial charge is 0.272 e. The van der Waals surface area contributed by atoms with Gasteiger partial charge in [-0.05, 0) is 35.7 Å². The number of hydrogen-bond acceptors (Lipinski definition) is 6. The topological polar surface area (TPSA) is 66.8 Å². The number of rotatable bonds is 6. The molecule has 2 amide bonds. The van der Waals surface area contributed by atoms with E-state index in [1.807, 2.05) is 17.5 Å². The van der Waals surface area contributed by atoms with E-state index in [2.05, 4.69) is 0 Å². The van der Waals surface area contributed by atoms with Gasteiger partial charge in [-0.3, -0.25) is 9.59 Å². The molecule has 0 saturated carbocycles. The number of aliphatic hydroxyl groups excluding tert-OH is 1. The van der Waals surface area contributed by atoms with Crippen LogP contribution < -0.4 is 9.64 Å². The maximum atomic E-state index is 12.9. The Hall–Kier alpha value is -2.09. The van der Waals surface area contributed by atoms with Crippen LogP contribution >= 0.6 is 23.1 Å². The average molecular weight is 361 g/mol. The molecule has 3 rings (SSSR count). The van der Waals surface area contributed by atoms with E-state index in [0.717, 1.165) is 4.88 Å². The highest BCUT2D eigenvalue weighted by Gasteiger charge is 2.40. The zero-order chi connectivity index (χ0) is 17.1. The number of aliphatic hydroxyl groups is 1. The van der Waals surface area contributed by atoms with Crippen LogP contribution in [0.15, 0.2) is 46.7 Å². The van der Waals surface area contributed by atoms with Crippen LogP contribution in [0.3, 0.4) is 0 Å². The van der Waals surface area contributed by atoms with Crippen molar-refractivity contribution >= 4 is 46.2 Å². The maximum Gasteiger partial charge on any atom is 0.272 e. The summed E-state index contributed by atoms with van der Waals surface area (Å²) < 4.78 is 5.11. The molecule has 1 aliphatic heterocycles. The monoisotopic (exact) mass is 361 g/mol. The summed E-state index contributed by atoms with van der Waals surface area (Å²) in [6.45, 7) is -0.0596. The number of ether oxygens (including phenoxy) is 1. The molecule has 0 bridgehead atoms. The number of methoxy groups -OCH3 is 1. The minimum atomic E-state index is -0.355. The SMILES string of the molecule is COc1ccc(N2C(=O)C(SCCO)=C(c3cccs3)C2=O)cc1. The number of imide groups is 1. The average Bonchev–Trinajstić information content (AvgIpc) is 3.20. The van der Waals surface area contributed by atoms with Crippen molar-refractivity contribution in [1.29, 1.82) is 0 Å². The van der Waals surface area contributed by atoms with Gasteiger partial charge in [0.25, 0.3) is 11.8 Å². The number of anilines is 1. The van der Waals surface area contributed by atoms with E-state index in [9.17, 15) is 9.59 Å². The van der Waals surface area contributed by atoms with Crippen LogP contribution in [-0.2, 0) is 9.59 Å². The van der Waals surface area contributed by atoms with Crippen LogP contribution in [0.5, 0.6) is 5.75 Å². The fourth-order valence-electron chi connectivity index (χ4n) is 2.40. The second-order valence-electron chi connectivity index (χ2n) is 4.90. The summed E-state index contributed by atoms with van der Waals surface area (Å²) in [6.07, 6.45) is 0. The zero-order valence-corrected chi connectivity index (χ0v) is 14.5. The standard InChI is InChI=1S/C17H15NO4S2/c1-22-12-6-4-11(5-7-12)18-16(20)14(13-3-2-9-23-13)15(17(18)21)24-10-8-19/h2-7,9,19H,8,10H2,1H3. The third-order valence-electron chi connectivity index (χ3n) is 3.48. The lowest BCUT2D eigenvalue weighted by Gasteiger charge is -2.15. The van der Waals surface area contributed by atoms with Gasteiger partial charge in [-0.1, -0.05) is 6.07 Å². The van der Waals surface area contributed by atoms with E-state index in [-0.39, 0.29) is 18.4 Å². The van der Waals surface area contributed by atoms with Crippen LogP contribution in [0.25, 0.3) is 5.57 Å². The van der Waals surface area contributed by atoms with Gasteiger partial charge >= 0.3 is 0 Å². The van der Waals surface area contributed by atoms with Crippen molar-refractivity contribution in [1.82, 2.24) is 0 Å². The van der Waals surface area contributed by atoms with Crippen molar-refractivity contribution in [3.8, 4) is 5.75 Å². The second kappa shape index (κ2) is 7.21. The molecule has 0 saturated heterocycles. The van der Waals surface area contributed by atoms with Crippen LogP contribution in [0.4, 0.5) is 5.69 Å². The Morgan fingerprint density at radius 2 is 1.92 bits per heavy atom. The fraction of sp³-hybridized carbons (Fsp3) is 0.176. The van der Waals surface area contributed by atoms with Gasteiger partial charge in [-0.25, -0.2) is 4.90 Å². The van der Waals surface area contributed by atoms with E-state index in [4.69, 9.17) is 9.84 Å². The molecule has 2 aromatic rings. The van der Waals surface area contributed by atoms with Gasteiger partial charge in [0.2, 0.25) is 0 Å². The van der Waals surface area contributed by atoms with Gasteiger partial charge in [0.05, 0.1) is 29.9 Å². The molecule has 24 heavy (non-hydrogen) atoms. The number of nitrogens with zero attached hydrogens (tertiary/aromatic N) is 1. The Bertz CT molecular complexity index is 781. The fourth-order valence-corrected chi connectivity index (χ4v) is 4.08. The Morgan fingerprint density at radius 3 is 2.50 bits per heavy atom. The van der Waals surface area contributed by atoms with E-state index in [1.165, 1.54) is 28.0 Å². The highest BCUT2D eigenvalue weighted by Crippen LogP contribution is 2.39. The predicted octanol–water partition coefficient (Wildman–Crippen LogP) is 2.77. The molecule has 0 aliphatic carbocycles. The molecule has 124 valence electrons. The molecule has 1 aliphatic rings. The van der Waals surface area contributed by atoms with Gasteiger partial charge in [0, 0.05) is 10.6 Å². The van der Waals surface area contributed by atoms with Crippen molar-refractivity contribution in [2.75, 3.05) is 24.4 Å². The molecular formula is C17H15NO4S2. The molecule has 0 radical (unpaired) electrons. The number of carbonyl (C=O) groups is 2. The van der Waals surface area contributed by atoms with Crippen molar-refractivity contribution in [2.24, 2.45) is 0 Å². The lowest BCUT2D eigenvalue weighted by molar-refractivity contribution is -0.119. The number of hydrogen-bond donors (Lipinski definition) is 1. The summed E-state index contributed by atoms with van der Waals surface area (Å²) in [5.74, 6) is 0.318. The quantitative estimate of drug-likeness (QED) is 0.802. The number of amides is 2. The van der Waals surface area contributed by atoms with Crippen LogP contribution in [0.2, 0.25) is 0 Å². The van der Waals surface area contributed by atoms with Gasteiger partial charge in [-0.15, -0.1) is 23.1 Å². The van der Waals surface area contributed by atoms with E-state index in [0.29, 0.717) is 27.7 Å². The minimum absolute atomic E-state index is 0.0596. The molecule has 5 nitrogen and oxygen atoms in total. The molecular weight excluding hydrogens is 346 g/mol. The summed E-state index contributed by atoms with van der Waals surface area (Å²) in [7, 11) is 1.56. The molecule has 1 aromatic carbocycles. The summed E-state index contributed by atoms with van der Waals surface area (Å²) >= 11 is 2.62.